The van der Waals surface area contributed by atoms with E-state index in [9.17, 15) is 22.4 Å². The van der Waals surface area contributed by atoms with Crippen LogP contribution in [0.25, 0.3) is 0 Å². The van der Waals surface area contributed by atoms with Crippen LogP contribution >= 0.6 is 23.2 Å². The Hall–Kier alpha value is -1.84. The third-order valence-corrected chi connectivity index (χ3v) is 6.31. The summed E-state index contributed by atoms with van der Waals surface area (Å²) in [7, 11) is 0. The Balaban J connectivity index is 1.38. The highest BCUT2D eigenvalue weighted by molar-refractivity contribution is 6.32. The fraction of sp³-hybridized carbons (Fsp3) is 0.500. The second-order valence-corrected chi connectivity index (χ2v) is 8.66. The number of hydrogen-bond acceptors (Lipinski definition) is 3. The van der Waals surface area contributed by atoms with Gasteiger partial charge in [-0.3, -0.25) is 14.4 Å². The van der Waals surface area contributed by atoms with Crippen molar-refractivity contribution in [2.75, 3.05) is 26.2 Å². The number of alkyl halides is 3. The lowest BCUT2D eigenvalue weighted by molar-refractivity contribution is -0.142. The monoisotopic (exact) mass is 478 g/mol. The molecule has 0 unspecified atom stereocenters. The van der Waals surface area contributed by atoms with E-state index in [1.165, 1.54) is 12.1 Å². The molecule has 2 aliphatic rings. The summed E-state index contributed by atoms with van der Waals surface area (Å²) in [6.45, 7) is 2.25. The second-order valence-electron chi connectivity index (χ2n) is 7.87. The number of piperazine rings is 1. The largest absolute Gasteiger partial charge is 0.436 e. The molecule has 0 atom stereocenters. The van der Waals surface area contributed by atoms with E-state index in [-0.39, 0.29) is 18.4 Å². The fourth-order valence-electron chi connectivity index (χ4n) is 3.78. The predicted molar refractivity (Wildman–Crippen MR) is 107 cm³/mol. The van der Waals surface area contributed by atoms with Crippen LogP contribution in [-0.2, 0) is 24.1 Å². The first kappa shape index (κ1) is 22.4. The zero-order valence-corrected chi connectivity index (χ0v) is 17.9. The molecule has 0 N–H and O–H groups in total. The topological polar surface area (TPSA) is 41.4 Å². The van der Waals surface area contributed by atoms with Gasteiger partial charge in [0.05, 0.1) is 10.7 Å². The number of halogens is 6. The van der Waals surface area contributed by atoms with E-state index in [4.69, 9.17) is 23.2 Å². The Morgan fingerprint density at radius 2 is 1.81 bits per heavy atom. The molecule has 1 aliphatic heterocycles. The van der Waals surface area contributed by atoms with Gasteiger partial charge >= 0.3 is 6.18 Å². The number of rotatable bonds is 5. The molecule has 1 aromatic carbocycles. The molecule has 0 bridgehead atoms. The van der Waals surface area contributed by atoms with E-state index in [2.05, 4.69) is 10.00 Å². The predicted octanol–water partition coefficient (Wildman–Crippen LogP) is 4.57. The summed E-state index contributed by atoms with van der Waals surface area (Å²) in [4.78, 5) is 16.5. The van der Waals surface area contributed by atoms with E-state index in [1.54, 1.807) is 11.0 Å². The Kier molecular flexibility index (Phi) is 6.20. The molecule has 0 spiro atoms. The summed E-state index contributed by atoms with van der Waals surface area (Å²) in [6, 6.07) is 4.25. The van der Waals surface area contributed by atoms with Crippen LogP contribution in [0.4, 0.5) is 17.6 Å². The van der Waals surface area contributed by atoms with Crippen LogP contribution in [0.2, 0.25) is 10.0 Å². The Morgan fingerprint density at radius 3 is 2.39 bits per heavy atom. The van der Waals surface area contributed by atoms with Gasteiger partial charge in [0.25, 0.3) is 0 Å². The molecule has 0 radical (unpaired) electrons. The van der Waals surface area contributed by atoms with E-state index < -0.39 is 22.7 Å². The van der Waals surface area contributed by atoms with Gasteiger partial charge in [0.2, 0.25) is 5.91 Å². The molecular formula is C20H20Cl2F4N4O. The summed E-state index contributed by atoms with van der Waals surface area (Å²) in [5.74, 6) is -0.780. The second kappa shape index (κ2) is 8.60. The molecule has 5 nitrogen and oxygen atoms in total. The molecule has 1 aliphatic carbocycles. The molecule has 168 valence electrons. The van der Waals surface area contributed by atoms with Gasteiger partial charge in [-0.25, -0.2) is 4.39 Å². The van der Waals surface area contributed by atoms with E-state index in [1.807, 2.05) is 0 Å². The maximum Gasteiger partial charge on any atom is 0.436 e. The lowest BCUT2D eigenvalue weighted by atomic mass is 10.2. The van der Waals surface area contributed by atoms with Crippen LogP contribution in [0.3, 0.4) is 0 Å². The number of carbonyl (C=O) groups excluding carboxylic acids is 1. The highest BCUT2D eigenvalue weighted by Crippen LogP contribution is 2.46. The minimum Gasteiger partial charge on any atom is -0.339 e. The SMILES string of the molecule is O=C(Cn1nc(C(F)(F)F)c(Cl)c1C1CC1)N1CCN(Cc2ccc(F)cc2Cl)CC1. The van der Waals surface area contributed by atoms with Crippen LogP contribution in [0.5, 0.6) is 0 Å². The van der Waals surface area contributed by atoms with Gasteiger partial charge in [0.15, 0.2) is 5.69 Å². The fourth-order valence-corrected chi connectivity index (χ4v) is 4.40. The zero-order valence-electron chi connectivity index (χ0n) is 16.4. The minimum absolute atomic E-state index is 0.0822. The van der Waals surface area contributed by atoms with Crippen LogP contribution in [0.1, 0.15) is 35.7 Å². The summed E-state index contributed by atoms with van der Waals surface area (Å²) in [5.41, 5.74) is -0.0421. The van der Waals surface area contributed by atoms with Crippen molar-refractivity contribution in [1.29, 1.82) is 0 Å². The summed E-state index contributed by atoms with van der Waals surface area (Å²) in [6.07, 6.45) is -3.19. The number of aromatic nitrogens is 2. The molecule has 2 heterocycles. The van der Waals surface area contributed by atoms with Crippen molar-refractivity contribution in [3.8, 4) is 0 Å². The van der Waals surface area contributed by atoms with Crippen LogP contribution in [0.15, 0.2) is 18.2 Å². The number of nitrogens with zero attached hydrogens (tertiary/aromatic N) is 4. The van der Waals surface area contributed by atoms with Crippen molar-refractivity contribution < 1.29 is 22.4 Å². The first-order chi connectivity index (χ1) is 14.6. The van der Waals surface area contributed by atoms with Gasteiger partial charge in [-0.1, -0.05) is 29.3 Å². The lowest BCUT2D eigenvalue weighted by Gasteiger charge is -2.35. The molecule has 31 heavy (non-hydrogen) atoms. The maximum atomic E-state index is 13.2. The quantitative estimate of drug-likeness (QED) is 0.591. The molecule has 1 saturated heterocycles. The molecule has 11 heteroatoms. The molecule has 1 saturated carbocycles. The minimum atomic E-state index is -4.66. The molecule has 4 rings (SSSR count). The molecular weight excluding hydrogens is 459 g/mol. The summed E-state index contributed by atoms with van der Waals surface area (Å²) < 4.78 is 53.9. The highest BCUT2D eigenvalue weighted by Gasteiger charge is 2.42. The van der Waals surface area contributed by atoms with Crippen LogP contribution < -0.4 is 0 Å². The number of amides is 1. The Bertz CT molecular complexity index is 982. The van der Waals surface area contributed by atoms with Crippen molar-refractivity contribution >= 4 is 29.1 Å². The van der Waals surface area contributed by atoms with Gasteiger partial charge in [0, 0.05) is 43.7 Å². The summed E-state index contributed by atoms with van der Waals surface area (Å²) in [5, 5.41) is 3.57. The molecule has 1 amide bonds. The van der Waals surface area contributed by atoms with Crippen molar-refractivity contribution in [2.45, 2.75) is 38.0 Å². The van der Waals surface area contributed by atoms with Crippen LogP contribution in [0, 0.1) is 5.82 Å². The third kappa shape index (κ3) is 4.99. The van der Waals surface area contributed by atoms with E-state index in [0.29, 0.717) is 43.4 Å². The van der Waals surface area contributed by atoms with Crippen molar-refractivity contribution in [1.82, 2.24) is 19.6 Å². The Labute approximate surface area is 186 Å². The van der Waals surface area contributed by atoms with Gasteiger partial charge in [0.1, 0.15) is 12.4 Å². The number of hydrogen-bond donors (Lipinski definition) is 0. The van der Waals surface area contributed by atoms with Crippen molar-refractivity contribution in [2.24, 2.45) is 0 Å². The van der Waals surface area contributed by atoms with E-state index in [0.717, 1.165) is 23.1 Å². The standard InChI is InChI=1S/C20H20Cl2F4N4O/c21-15-9-14(23)4-3-13(15)10-28-5-7-29(8-6-28)16(31)11-30-18(12-1-2-12)17(22)19(27-30)20(24,25)26/h3-4,9,12H,1-2,5-8,10-11H2. The third-order valence-electron chi connectivity index (χ3n) is 5.58. The first-order valence-corrected chi connectivity index (χ1v) is 10.7. The average molecular weight is 479 g/mol. The average Bonchev–Trinajstić information content (AvgIpc) is 3.47. The first-order valence-electron chi connectivity index (χ1n) is 9.91. The van der Waals surface area contributed by atoms with Gasteiger partial charge in [-0.2, -0.15) is 18.3 Å². The van der Waals surface area contributed by atoms with Gasteiger partial charge < -0.3 is 4.90 Å². The normalized spacial score (nSPS) is 17.9. The molecule has 2 fully saturated rings. The van der Waals surface area contributed by atoms with Crippen molar-refractivity contribution in [3.63, 3.8) is 0 Å². The summed E-state index contributed by atoms with van der Waals surface area (Å²) >= 11 is 12.0. The van der Waals surface area contributed by atoms with Gasteiger partial charge in [-0.15, -0.1) is 0 Å². The smallest absolute Gasteiger partial charge is 0.339 e. The zero-order chi connectivity index (χ0) is 22.3. The van der Waals surface area contributed by atoms with Crippen molar-refractivity contribution in [3.05, 3.63) is 51.0 Å². The number of benzene rings is 1. The Morgan fingerprint density at radius 1 is 1.13 bits per heavy atom. The van der Waals surface area contributed by atoms with Gasteiger partial charge in [-0.05, 0) is 30.5 Å². The lowest BCUT2D eigenvalue weighted by Crippen LogP contribution is -2.49. The van der Waals surface area contributed by atoms with E-state index >= 15 is 0 Å². The maximum absolute atomic E-state index is 13.2. The highest BCUT2D eigenvalue weighted by atomic mass is 35.5. The number of carbonyl (C=O) groups is 1. The molecule has 2 aromatic rings. The molecule has 1 aromatic heterocycles. The van der Waals surface area contributed by atoms with Crippen LogP contribution in [-0.4, -0.2) is 51.7 Å².